The number of hydrogen-bond acceptors (Lipinski definition) is 6. The lowest BCUT2D eigenvalue weighted by atomic mass is 10.0. The summed E-state index contributed by atoms with van der Waals surface area (Å²) in [6.07, 6.45) is 90.5. The number of esters is 3. The fraction of sp³-hybridized carbons (Fsp3) is 0.883. The summed E-state index contributed by atoms with van der Waals surface area (Å²) >= 11 is 0. The third kappa shape index (κ3) is 70.3. The minimum Gasteiger partial charge on any atom is -0.462 e. The molecule has 0 aromatic rings. The molecule has 0 amide bonds. The highest BCUT2D eigenvalue weighted by molar-refractivity contribution is 5.71. The minimum atomic E-state index is -0.771. The number of rotatable bonds is 70. The standard InChI is InChI=1S/C77H144O6/c1-4-7-10-13-16-19-22-25-28-30-31-32-33-34-35-36-37-38-39-40-41-42-43-44-45-47-49-52-55-58-61-64-67-70-76(79)82-73-74(72-81-75(78)69-66-63-60-57-54-51-48-27-24-21-18-15-12-9-6-3)83-77(80)71-68-65-62-59-56-53-50-46-29-26-23-20-17-14-11-8-5-2/h22,25-26,29-31,74H,4-21,23-24,27-28,32-73H2,1-3H3/b25-22-,29-26-,31-30-. The smallest absolute Gasteiger partial charge is 0.306 e. The van der Waals surface area contributed by atoms with Crippen LogP contribution in [-0.4, -0.2) is 37.2 Å². The Bertz CT molecular complexity index is 1380. The van der Waals surface area contributed by atoms with Crippen molar-refractivity contribution >= 4 is 17.9 Å². The van der Waals surface area contributed by atoms with E-state index >= 15 is 0 Å². The Morgan fingerprint density at radius 1 is 0.241 bits per heavy atom. The molecule has 6 nitrogen and oxygen atoms in total. The Balaban J connectivity index is 4.13. The van der Waals surface area contributed by atoms with Crippen molar-refractivity contribution in [1.82, 2.24) is 0 Å². The van der Waals surface area contributed by atoms with Crippen molar-refractivity contribution in [3.05, 3.63) is 36.5 Å². The molecule has 1 atom stereocenters. The predicted molar refractivity (Wildman–Crippen MR) is 362 cm³/mol. The Morgan fingerprint density at radius 2 is 0.434 bits per heavy atom. The van der Waals surface area contributed by atoms with E-state index in [1.54, 1.807) is 0 Å². The summed E-state index contributed by atoms with van der Waals surface area (Å²) in [6, 6.07) is 0. The quantitative estimate of drug-likeness (QED) is 0.0261. The van der Waals surface area contributed by atoms with E-state index in [1.807, 2.05) is 0 Å². The van der Waals surface area contributed by atoms with Crippen molar-refractivity contribution in [2.24, 2.45) is 0 Å². The van der Waals surface area contributed by atoms with Gasteiger partial charge in [-0.25, -0.2) is 0 Å². The molecule has 0 radical (unpaired) electrons. The summed E-state index contributed by atoms with van der Waals surface area (Å²) in [6.45, 7) is 6.70. The summed E-state index contributed by atoms with van der Waals surface area (Å²) in [5, 5.41) is 0. The number of carbonyl (C=O) groups is 3. The molecule has 0 rings (SSSR count). The molecule has 83 heavy (non-hydrogen) atoms. The maximum atomic E-state index is 12.9. The van der Waals surface area contributed by atoms with Crippen molar-refractivity contribution in [2.45, 2.75) is 425 Å². The van der Waals surface area contributed by atoms with Gasteiger partial charge in [-0.2, -0.15) is 0 Å². The molecule has 0 fully saturated rings. The van der Waals surface area contributed by atoms with Gasteiger partial charge in [0.15, 0.2) is 6.10 Å². The van der Waals surface area contributed by atoms with Crippen LogP contribution >= 0.6 is 0 Å². The average Bonchev–Trinajstić information content (AvgIpc) is 3.49. The molecule has 0 N–H and O–H groups in total. The first-order valence-corrected chi connectivity index (χ1v) is 37.5. The van der Waals surface area contributed by atoms with E-state index in [-0.39, 0.29) is 31.1 Å². The monoisotopic (exact) mass is 1170 g/mol. The van der Waals surface area contributed by atoms with Gasteiger partial charge in [0, 0.05) is 19.3 Å². The molecule has 0 aliphatic rings. The summed E-state index contributed by atoms with van der Waals surface area (Å²) in [5.74, 6) is -0.838. The summed E-state index contributed by atoms with van der Waals surface area (Å²) in [5.41, 5.74) is 0. The van der Waals surface area contributed by atoms with Crippen LogP contribution in [0.5, 0.6) is 0 Å². The first-order chi connectivity index (χ1) is 41.0. The topological polar surface area (TPSA) is 78.9 Å². The highest BCUT2D eigenvalue weighted by Crippen LogP contribution is 2.19. The molecule has 0 heterocycles. The van der Waals surface area contributed by atoms with Gasteiger partial charge in [0.1, 0.15) is 13.2 Å². The second-order valence-electron chi connectivity index (χ2n) is 25.6. The zero-order valence-corrected chi connectivity index (χ0v) is 56.2. The molecule has 0 bridgehead atoms. The Labute approximate surface area is 518 Å². The fourth-order valence-electron chi connectivity index (χ4n) is 11.5. The van der Waals surface area contributed by atoms with Crippen LogP contribution in [0.25, 0.3) is 0 Å². The molecular formula is C77H144O6. The van der Waals surface area contributed by atoms with Gasteiger partial charge in [0.2, 0.25) is 0 Å². The predicted octanol–water partition coefficient (Wildman–Crippen LogP) is 25.9. The third-order valence-electron chi connectivity index (χ3n) is 17.1. The van der Waals surface area contributed by atoms with Crippen molar-refractivity contribution < 1.29 is 28.6 Å². The van der Waals surface area contributed by atoms with Crippen molar-refractivity contribution in [3.8, 4) is 0 Å². The van der Waals surface area contributed by atoms with Gasteiger partial charge < -0.3 is 14.2 Å². The normalized spacial score (nSPS) is 12.2. The maximum Gasteiger partial charge on any atom is 0.306 e. The number of unbranched alkanes of at least 4 members (excludes halogenated alkanes) is 53. The van der Waals surface area contributed by atoms with Gasteiger partial charge in [0.05, 0.1) is 0 Å². The maximum absolute atomic E-state index is 12.9. The van der Waals surface area contributed by atoms with Crippen LogP contribution in [0.2, 0.25) is 0 Å². The lowest BCUT2D eigenvalue weighted by molar-refractivity contribution is -0.167. The van der Waals surface area contributed by atoms with Crippen molar-refractivity contribution in [3.63, 3.8) is 0 Å². The molecule has 0 saturated heterocycles. The molecule has 0 spiro atoms. The SMILES string of the molecule is CCCCCCC/C=C\C/C=C\CCCCCCCCCCCCCCCCCCCCCCCC(=O)OCC(COC(=O)CCCCCCCCCCCCCCCCC)OC(=O)CCCCCCCCC/C=C\CCCCCCCC. The summed E-state index contributed by atoms with van der Waals surface area (Å²) in [4.78, 5) is 38.5. The van der Waals surface area contributed by atoms with Crippen LogP contribution in [0.3, 0.4) is 0 Å². The second kappa shape index (κ2) is 72.1. The molecule has 0 aliphatic heterocycles. The number of hydrogen-bond donors (Lipinski definition) is 0. The second-order valence-corrected chi connectivity index (χ2v) is 25.6. The van der Waals surface area contributed by atoms with Crippen LogP contribution in [0.4, 0.5) is 0 Å². The number of carbonyl (C=O) groups excluding carboxylic acids is 3. The van der Waals surface area contributed by atoms with Crippen LogP contribution in [-0.2, 0) is 28.6 Å². The molecule has 0 aromatic heterocycles. The van der Waals surface area contributed by atoms with E-state index in [0.29, 0.717) is 19.3 Å². The number of ether oxygens (including phenoxy) is 3. The molecule has 488 valence electrons. The Kier molecular flexibility index (Phi) is 70.0. The van der Waals surface area contributed by atoms with Crippen molar-refractivity contribution in [2.75, 3.05) is 13.2 Å². The largest absolute Gasteiger partial charge is 0.462 e. The van der Waals surface area contributed by atoms with E-state index < -0.39 is 6.10 Å². The molecule has 6 heteroatoms. The van der Waals surface area contributed by atoms with Gasteiger partial charge in [-0.15, -0.1) is 0 Å². The van der Waals surface area contributed by atoms with Crippen LogP contribution in [0.1, 0.15) is 419 Å². The zero-order valence-electron chi connectivity index (χ0n) is 56.2. The van der Waals surface area contributed by atoms with Gasteiger partial charge in [-0.1, -0.05) is 359 Å². The van der Waals surface area contributed by atoms with Gasteiger partial charge in [-0.3, -0.25) is 14.4 Å². The first kappa shape index (κ1) is 80.6. The molecule has 0 aliphatic carbocycles. The van der Waals surface area contributed by atoms with Crippen molar-refractivity contribution in [1.29, 1.82) is 0 Å². The van der Waals surface area contributed by atoms with Crippen LogP contribution < -0.4 is 0 Å². The summed E-state index contributed by atoms with van der Waals surface area (Å²) in [7, 11) is 0. The molecule has 0 saturated carbocycles. The van der Waals surface area contributed by atoms with Gasteiger partial charge in [0.25, 0.3) is 0 Å². The van der Waals surface area contributed by atoms with E-state index in [2.05, 4.69) is 57.2 Å². The van der Waals surface area contributed by atoms with E-state index in [4.69, 9.17) is 14.2 Å². The third-order valence-corrected chi connectivity index (χ3v) is 17.1. The average molecular weight is 1170 g/mol. The molecule has 0 aromatic carbocycles. The Morgan fingerprint density at radius 3 is 0.675 bits per heavy atom. The van der Waals surface area contributed by atoms with Gasteiger partial charge >= 0.3 is 17.9 Å². The van der Waals surface area contributed by atoms with E-state index in [1.165, 1.54) is 315 Å². The zero-order chi connectivity index (χ0) is 59.9. The van der Waals surface area contributed by atoms with E-state index in [0.717, 1.165) is 64.2 Å². The lowest BCUT2D eigenvalue weighted by Gasteiger charge is -2.18. The fourth-order valence-corrected chi connectivity index (χ4v) is 11.5. The summed E-state index contributed by atoms with van der Waals surface area (Å²) < 4.78 is 17.0. The molecular weight excluding hydrogens is 1020 g/mol. The van der Waals surface area contributed by atoms with E-state index in [9.17, 15) is 14.4 Å². The van der Waals surface area contributed by atoms with Crippen LogP contribution in [0.15, 0.2) is 36.5 Å². The highest BCUT2D eigenvalue weighted by Gasteiger charge is 2.20. The van der Waals surface area contributed by atoms with Gasteiger partial charge in [-0.05, 0) is 77.0 Å². The minimum absolute atomic E-state index is 0.0671. The molecule has 1 unspecified atom stereocenters. The Hall–Kier alpha value is -2.37. The lowest BCUT2D eigenvalue weighted by Crippen LogP contribution is -2.30. The number of allylic oxidation sites excluding steroid dienone is 6. The highest BCUT2D eigenvalue weighted by atomic mass is 16.6. The van der Waals surface area contributed by atoms with Crippen LogP contribution in [0, 0.1) is 0 Å². The first-order valence-electron chi connectivity index (χ1n) is 37.5.